The van der Waals surface area contributed by atoms with Crippen molar-refractivity contribution in [3.05, 3.63) is 34.9 Å². The van der Waals surface area contributed by atoms with Gasteiger partial charge in [-0.1, -0.05) is 11.6 Å². The lowest BCUT2D eigenvalue weighted by Gasteiger charge is -1.98. The molecule has 2 nitrogen and oxygen atoms in total. The average molecular weight is 196 g/mol. The zero-order valence-corrected chi connectivity index (χ0v) is 8.01. The van der Waals surface area contributed by atoms with Gasteiger partial charge in [0.05, 0.1) is 0 Å². The molecular formula is C10H10ClNO. The van der Waals surface area contributed by atoms with E-state index in [0.29, 0.717) is 10.7 Å². The smallest absolute Gasteiger partial charge is 0.152 e. The number of nitrogen functional groups attached to an aromatic ring is 1. The summed E-state index contributed by atoms with van der Waals surface area (Å²) in [4.78, 5) is 10.7. The minimum Gasteiger partial charge on any atom is -0.399 e. The lowest BCUT2D eigenvalue weighted by atomic mass is 10.2. The Kier molecular flexibility index (Phi) is 3.09. The van der Waals surface area contributed by atoms with Gasteiger partial charge in [0.1, 0.15) is 0 Å². The average Bonchev–Trinajstić information content (AvgIpc) is 2.06. The number of hydrogen-bond donors (Lipinski definition) is 1. The van der Waals surface area contributed by atoms with Crippen LogP contribution in [0.3, 0.4) is 0 Å². The first-order chi connectivity index (χ1) is 6.09. The van der Waals surface area contributed by atoms with Crippen LogP contribution in [0.4, 0.5) is 5.69 Å². The second-order valence-corrected chi connectivity index (χ2v) is 3.13. The second kappa shape index (κ2) is 4.10. The molecular weight excluding hydrogens is 186 g/mol. The number of benzene rings is 1. The predicted molar refractivity (Wildman–Crippen MR) is 55.6 cm³/mol. The summed E-state index contributed by atoms with van der Waals surface area (Å²) in [6, 6.07) is 5.14. The molecule has 0 saturated heterocycles. The molecule has 68 valence electrons. The number of carbonyl (C=O) groups excluding carboxylic acids is 1. The minimum absolute atomic E-state index is 0.0153. The Balaban J connectivity index is 3.00. The SMILES string of the molecule is CC(=O)/C=C/c1cc(N)ccc1Cl. The first kappa shape index (κ1) is 9.81. The van der Waals surface area contributed by atoms with Crippen molar-refractivity contribution in [2.75, 3.05) is 5.73 Å². The molecule has 0 bridgehead atoms. The topological polar surface area (TPSA) is 43.1 Å². The van der Waals surface area contributed by atoms with Gasteiger partial charge in [-0.2, -0.15) is 0 Å². The Hall–Kier alpha value is -1.28. The summed E-state index contributed by atoms with van der Waals surface area (Å²) in [7, 11) is 0. The molecule has 0 saturated carbocycles. The summed E-state index contributed by atoms with van der Waals surface area (Å²) >= 11 is 5.86. The number of halogens is 1. The fraction of sp³-hybridized carbons (Fsp3) is 0.100. The molecule has 3 heteroatoms. The Labute approximate surface area is 82.0 Å². The van der Waals surface area contributed by atoms with Crippen LogP contribution in [0.5, 0.6) is 0 Å². The number of anilines is 1. The monoisotopic (exact) mass is 195 g/mol. The van der Waals surface area contributed by atoms with Crippen LogP contribution in [-0.2, 0) is 4.79 Å². The normalized spacial score (nSPS) is 10.6. The third-order valence-corrected chi connectivity index (χ3v) is 1.86. The van der Waals surface area contributed by atoms with E-state index in [1.54, 1.807) is 24.3 Å². The van der Waals surface area contributed by atoms with Gasteiger partial charge in [0.2, 0.25) is 0 Å². The molecule has 0 unspecified atom stereocenters. The fourth-order valence-corrected chi connectivity index (χ4v) is 1.08. The Morgan fingerprint density at radius 2 is 2.23 bits per heavy atom. The highest BCUT2D eigenvalue weighted by atomic mass is 35.5. The summed E-state index contributed by atoms with van der Waals surface area (Å²) in [5.41, 5.74) is 6.95. The number of hydrogen-bond acceptors (Lipinski definition) is 2. The predicted octanol–water partition coefficient (Wildman–Crippen LogP) is 2.52. The zero-order valence-electron chi connectivity index (χ0n) is 7.25. The van der Waals surface area contributed by atoms with Gasteiger partial charge < -0.3 is 5.73 Å². The minimum atomic E-state index is -0.0153. The lowest BCUT2D eigenvalue weighted by Crippen LogP contribution is -1.86. The van der Waals surface area contributed by atoms with Gasteiger partial charge >= 0.3 is 0 Å². The summed E-state index contributed by atoms with van der Waals surface area (Å²) < 4.78 is 0. The largest absolute Gasteiger partial charge is 0.399 e. The van der Waals surface area contributed by atoms with Crippen molar-refractivity contribution in [3.8, 4) is 0 Å². The summed E-state index contributed by atoms with van der Waals surface area (Å²) in [5, 5.41) is 0.590. The van der Waals surface area contributed by atoms with Crippen LogP contribution in [0.1, 0.15) is 12.5 Å². The number of ketones is 1. The van der Waals surface area contributed by atoms with Gasteiger partial charge in [0.25, 0.3) is 0 Å². The van der Waals surface area contributed by atoms with Crippen LogP contribution < -0.4 is 5.73 Å². The zero-order chi connectivity index (χ0) is 9.84. The van der Waals surface area contributed by atoms with Crippen molar-refractivity contribution < 1.29 is 4.79 Å². The maximum Gasteiger partial charge on any atom is 0.152 e. The molecule has 1 rings (SSSR count). The van der Waals surface area contributed by atoms with E-state index in [2.05, 4.69) is 0 Å². The number of carbonyl (C=O) groups is 1. The lowest BCUT2D eigenvalue weighted by molar-refractivity contribution is -0.112. The molecule has 13 heavy (non-hydrogen) atoms. The molecule has 1 aromatic carbocycles. The van der Waals surface area contributed by atoms with E-state index in [-0.39, 0.29) is 5.78 Å². The maximum atomic E-state index is 10.7. The standard InChI is InChI=1S/C10H10ClNO/c1-7(13)2-3-8-6-9(12)4-5-10(8)11/h2-6H,12H2,1H3/b3-2+. The quantitative estimate of drug-likeness (QED) is 0.582. The molecule has 0 fully saturated rings. The van der Waals surface area contributed by atoms with Gasteiger partial charge in [0, 0.05) is 10.7 Å². The molecule has 0 aliphatic carbocycles. The molecule has 1 aromatic rings. The summed E-state index contributed by atoms with van der Waals surface area (Å²) in [5.74, 6) is -0.0153. The Morgan fingerprint density at radius 1 is 1.54 bits per heavy atom. The van der Waals surface area contributed by atoms with E-state index < -0.39 is 0 Å². The fourth-order valence-electron chi connectivity index (χ4n) is 0.897. The van der Waals surface area contributed by atoms with Crippen molar-refractivity contribution in [2.24, 2.45) is 0 Å². The first-order valence-electron chi connectivity index (χ1n) is 3.83. The molecule has 0 aromatic heterocycles. The van der Waals surface area contributed by atoms with E-state index in [1.807, 2.05) is 0 Å². The molecule has 2 N–H and O–H groups in total. The molecule has 0 aliphatic heterocycles. The van der Waals surface area contributed by atoms with Gasteiger partial charge in [0.15, 0.2) is 5.78 Å². The second-order valence-electron chi connectivity index (χ2n) is 2.72. The van der Waals surface area contributed by atoms with Crippen LogP contribution in [0.25, 0.3) is 6.08 Å². The third-order valence-electron chi connectivity index (χ3n) is 1.52. The van der Waals surface area contributed by atoms with Gasteiger partial charge in [-0.3, -0.25) is 4.79 Å². The van der Waals surface area contributed by atoms with E-state index in [9.17, 15) is 4.79 Å². The molecule has 0 aliphatic rings. The van der Waals surface area contributed by atoms with Crippen LogP contribution in [0, 0.1) is 0 Å². The van der Waals surface area contributed by atoms with Crippen LogP contribution >= 0.6 is 11.6 Å². The van der Waals surface area contributed by atoms with Gasteiger partial charge in [-0.25, -0.2) is 0 Å². The van der Waals surface area contributed by atoms with Crippen LogP contribution in [-0.4, -0.2) is 5.78 Å². The highest BCUT2D eigenvalue weighted by molar-refractivity contribution is 6.32. The van der Waals surface area contributed by atoms with Crippen molar-refractivity contribution >= 4 is 29.1 Å². The Bertz CT molecular complexity index is 358. The highest BCUT2D eigenvalue weighted by Gasteiger charge is 1.96. The van der Waals surface area contributed by atoms with Crippen LogP contribution in [0.2, 0.25) is 5.02 Å². The van der Waals surface area contributed by atoms with Crippen molar-refractivity contribution in [2.45, 2.75) is 6.92 Å². The van der Waals surface area contributed by atoms with E-state index in [1.165, 1.54) is 13.0 Å². The number of nitrogens with two attached hydrogens (primary N) is 1. The molecule has 0 heterocycles. The highest BCUT2D eigenvalue weighted by Crippen LogP contribution is 2.19. The Morgan fingerprint density at radius 3 is 2.85 bits per heavy atom. The first-order valence-corrected chi connectivity index (χ1v) is 4.21. The van der Waals surface area contributed by atoms with Gasteiger partial charge in [-0.15, -0.1) is 0 Å². The summed E-state index contributed by atoms with van der Waals surface area (Å²) in [6.45, 7) is 1.48. The third kappa shape index (κ3) is 2.92. The van der Waals surface area contributed by atoms with Crippen molar-refractivity contribution in [1.82, 2.24) is 0 Å². The summed E-state index contributed by atoms with van der Waals surface area (Å²) in [6.07, 6.45) is 3.11. The maximum absolute atomic E-state index is 10.7. The number of allylic oxidation sites excluding steroid dienone is 1. The molecule has 0 atom stereocenters. The molecule has 0 radical (unpaired) electrons. The van der Waals surface area contributed by atoms with E-state index in [0.717, 1.165) is 5.56 Å². The van der Waals surface area contributed by atoms with Crippen LogP contribution in [0.15, 0.2) is 24.3 Å². The molecule has 0 spiro atoms. The van der Waals surface area contributed by atoms with Crippen molar-refractivity contribution in [1.29, 1.82) is 0 Å². The molecule has 0 amide bonds. The van der Waals surface area contributed by atoms with E-state index >= 15 is 0 Å². The number of rotatable bonds is 2. The van der Waals surface area contributed by atoms with Gasteiger partial charge in [-0.05, 0) is 42.8 Å². The van der Waals surface area contributed by atoms with Crippen molar-refractivity contribution in [3.63, 3.8) is 0 Å². The van der Waals surface area contributed by atoms with E-state index in [4.69, 9.17) is 17.3 Å².